The van der Waals surface area contributed by atoms with Crippen LogP contribution in [0.3, 0.4) is 0 Å². The van der Waals surface area contributed by atoms with Crippen molar-refractivity contribution in [2.75, 3.05) is 13.1 Å². The fourth-order valence-corrected chi connectivity index (χ4v) is 4.61. The number of hydrogen-bond donors (Lipinski definition) is 1. The van der Waals surface area contributed by atoms with Gasteiger partial charge in [-0.1, -0.05) is 13.3 Å². The lowest BCUT2D eigenvalue weighted by Crippen LogP contribution is -2.37. The van der Waals surface area contributed by atoms with Gasteiger partial charge in [0.1, 0.15) is 22.0 Å². The zero-order valence-corrected chi connectivity index (χ0v) is 13.4. The number of aromatic carboxylic acids is 1. The van der Waals surface area contributed by atoms with Crippen LogP contribution in [-0.2, 0) is 10.0 Å². The van der Waals surface area contributed by atoms with Gasteiger partial charge >= 0.3 is 5.97 Å². The van der Waals surface area contributed by atoms with E-state index in [1.807, 2.05) is 0 Å². The molecule has 1 aliphatic rings. The Labute approximate surface area is 124 Å². The van der Waals surface area contributed by atoms with Gasteiger partial charge in [0.15, 0.2) is 0 Å². The average molecular weight is 315 g/mol. The predicted octanol–water partition coefficient (Wildman–Crippen LogP) is 2.41. The van der Waals surface area contributed by atoms with E-state index in [0.29, 0.717) is 19.0 Å². The van der Waals surface area contributed by atoms with Gasteiger partial charge in [0, 0.05) is 13.1 Å². The smallest absolute Gasteiger partial charge is 0.340 e. The third kappa shape index (κ3) is 2.85. The Morgan fingerprint density at radius 3 is 2.38 bits per heavy atom. The van der Waals surface area contributed by atoms with Crippen LogP contribution >= 0.6 is 0 Å². The van der Waals surface area contributed by atoms with Crippen molar-refractivity contribution in [2.24, 2.45) is 5.92 Å². The van der Waals surface area contributed by atoms with Crippen molar-refractivity contribution in [3.63, 3.8) is 0 Å². The van der Waals surface area contributed by atoms with Gasteiger partial charge in [-0.05, 0) is 32.6 Å². The molecule has 1 aliphatic carbocycles. The Bertz CT molecular complexity index is 643. The Kier molecular flexibility index (Phi) is 4.43. The molecule has 1 heterocycles. The van der Waals surface area contributed by atoms with Gasteiger partial charge in [0.05, 0.1) is 0 Å². The SMILES string of the molecule is CCN(CC1CCC1)S(=O)(=O)c1c(C)oc(C)c1C(=O)O. The average Bonchev–Trinajstić information content (AvgIpc) is 2.63. The number of nitrogens with zero attached hydrogens (tertiary/aromatic N) is 1. The molecule has 1 aromatic rings. The summed E-state index contributed by atoms with van der Waals surface area (Å²) >= 11 is 0. The Balaban J connectivity index is 2.44. The number of rotatable bonds is 6. The summed E-state index contributed by atoms with van der Waals surface area (Å²) in [5.74, 6) is -0.640. The summed E-state index contributed by atoms with van der Waals surface area (Å²) in [4.78, 5) is 11.2. The molecule has 21 heavy (non-hydrogen) atoms. The van der Waals surface area contributed by atoms with Gasteiger partial charge in [0.25, 0.3) is 0 Å². The maximum absolute atomic E-state index is 12.8. The van der Waals surface area contributed by atoms with Crippen LogP contribution in [0, 0.1) is 19.8 Å². The molecule has 1 saturated carbocycles. The second-order valence-corrected chi connectivity index (χ2v) is 7.35. The Morgan fingerprint density at radius 1 is 1.33 bits per heavy atom. The van der Waals surface area contributed by atoms with E-state index >= 15 is 0 Å². The molecule has 7 heteroatoms. The molecule has 0 atom stereocenters. The van der Waals surface area contributed by atoms with Crippen LogP contribution in [0.2, 0.25) is 0 Å². The van der Waals surface area contributed by atoms with E-state index in [4.69, 9.17) is 4.42 Å². The molecule has 1 aromatic heterocycles. The minimum Gasteiger partial charge on any atom is -0.478 e. The highest BCUT2D eigenvalue weighted by Gasteiger charge is 2.36. The van der Waals surface area contributed by atoms with Gasteiger partial charge < -0.3 is 9.52 Å². The Hall–Kier alpha value is -1.34. The number of hydrogen-bond acceptors (Lipinski definition) is 4. The van der Waals surface area contributed by atoms with Crippen LogP contribution in [0.25, 0.3) is 0 Å². The molecule has 1 fully saturated rings. The molecule has 118 valence electrons. The second kappa shape index (κ2) is 5.81. The van der Waals surface area contributed by atoms with Crippen LogP contribution in [0.5, 0.6) is 0 Å². The molecule has 6 nitrogen and oxygen atoms in total. The van der Waals surface area contributed by atoms with Gasteiger partial charge in [-0.15, -0.1) is 0 Å². The highest BCUT2D eigenvalue weighted by molar-refractivity contribution is 7.89. The lowest BCUT2D eigenvalue weighted by molar-refractivity contribution is 0.0691. The molecule has 0 unspecified atom stereocenters. The molecular weight excluding hydrogens is 294 g/mol. The first-order valence-electron chi connectivity index (χ1n) is 7.12. The number of aryl methyl sites for hydroxylation is 2. The third-order valence-corrected chi connectivity index (χ3v) is 6.15. The molecule has 0 amide bonds. The molecule has 2 rings (SSSR count). The molecule has 0 bridgehead atoms. The number of sulfonamides is 1. The lowest BCUT2D eigenvalue weighted by Gasteiger charge is -2.31. The van der Waals surface area contributed by atoms with Crippen molar-refractivity contribution in [3.05, 3.63) is 17.1 Å². The van der Waals surface area contributed by atoms with Gasteiger partial charge in [0.2, 0.25) is 10.0 Å². The minimum absolute atomic E-state index is 0.123. The van der Waals surface area contributed by atoms with E-state index in [-0.39, 0.29) is 22.0 Å². The normalized spacial score (nSPS) is 16.2. The maximum atomic E-state index is 12.8. The zero-order valence-electron chi connectivity index (χ0n) is 12.5. The first-order valence-corrected chi connectivity index (χ1v) is 8.56. The van der Waals surface area contributed by atoms with E-state index in [9.17, 15) is 18.3 Å². The van der Waals surface area contributed by atoms with Crippen molar-refractivity contribution in [1.29, 1.82) is 0 Å². The Morgan fingerprint density at radius 2 is 1.95 bits per heavy atom. The summed E-state index contributed by atoms with van der Waals surface area (Å²) in [5.41, 5.74) is -0.250. The van der Waals surface area contributed by atoms with E-state index < -0.39 is 16.0 Å². The largest absolute Gasteiger partial charge is 0.478 e. The number of furan rings is 1. The monoisotopic (exact) mass is 315 g/mol. The van der Waals surface area contributed by atoms with E-state index in [0.717, 1.165) is 19.3 Å². The van der Waals surface area contributed by atoms with Crippen molar-refractivity contribution in [3.8, 4) is 0 Å². The summed E-state index contributed by atoms with van der Waals surface area (Å²) in [6, 6.07) is 0. The summed E-state index contributed by atoms with van der Waals surface area (Å²) in [6.07, 6.45) is 3.19. The van der Waals surface area contributed by atoms with Crippen LogP contribution in [-0.4, -0.2) is 36.9 Å². The quantitative estimate of drug-likeness (QED) is 0.871. The van der Waals surface area contributed by atoms with Crippen molar-refractivity contribution < 1.29 is 22.7 Å². The van der Waals surface area contributed by atoms with Gasteiger partial charge in [-0.2, -0.15) is 4.31 Å². The van der Waals surface area contributed by atoms with Crippen molar-refractivity contribution in [1.82, 2.24) is 4.31 Å². The van der Waals surface area contributed by atoms with Gasteiger partial charge in [-0.25, -0.2) is 13.2 Å². The lowest BCUT2D eigenvalue weighted by atomic mass is 9.85. The first kappa shape index (κ1) is 16.0. The predicted molar refractivity (Wildman–Crippen MR) is 76.9 cm³/mol. The fraction of sp³-hybridized carbons (Fsp3) is 0.643. The summed E-state index contributed by atoms with van der Waals surface area (Å²) in [6.45, 7) is 5.49. The number of carboxylic acids is 1. The highest BCUT2D eigenvalue weighted by Crippen LogP contribution is 2.32. The third-order valence-electron chi connectivity index (χ3n) is 4.06. The van der Waals surface area contributed by atoms with E-state index in [1.54, 1.807) is 6.92 Å². The highest BCUT2D eigenvalue weighted by atomic mass is 32.2. The number of carbonyl (C=O) groups is 1. The maximum Gasteiger partial charge on any atom is 0.340 e. The molecule has 0 aliphatic heterocycles. The minimum atomic E-state index is -3.85. The summed E-state index contributed by atoms with van der Waals surface area (Å²) < 4.78 is 32.2. The summed E-state index contributed by atoms with van der Waals surface area (Å²) in [5, 5.41) is 9.27. The van der Waals surface area contributed by atoms with Gasteiger partial charge in [-0.3, -0.25) is 0 Å². The van der Waals surface area contributed by atoms with Crippen LogP contribution in [0.4, 0.5) is 0 Å². The molecular formula is C14H21NO5S. The standard InChI is InChI=1S/C14H21NO5S/c1-4-15(8-11-6-5-7-11)21(18,19)13-10(3)20-9(2)12(13)14(16)17/h11H,4-8H2,1-3H3,(H,16,17). The molecule has 0 saturated heterocycles. The summed E-state index contributed by atoms with van der Waals surface area (Å²) in [7, 11) is -3.85. The van der Waals surface area contributed by atoms with Crippen molar-refractivity contribution >= 4 is 16.0 Å². The fourth-order valence-electron chi connectivity index (χ4n) is 2.71. The molecule has 0 aromatic carbocycles. The van der Waals surface area contributed by atoms with Crippen LogP contribution in [0.15, 0.2) is 9.31 Å². The first-order chi connectivity index (χ1) is 9.78. The topological polar surface area (TPSA) is 87.8 Å². The van der Waals surface area contributed by atoms with Crippen LogP contribution < -0.4 is 0 Å². The molecule has 1 N–H and O–H groups in total. The second-order valence-electron chi connectivity index (χ2n) is 5.48. The van der Waals surface area contributed by atoms with Crippen LogP contribution in [0.1, 0.15) is 48.1 Å². The van der Waals surface area contributed by atoms with E-state index in [1.165, 1.54) is 18.2 Å². The van der Waals surface area contributed by atoms with E-state index in [2.05, 4.69) is 0 Å². The molecule has 0 radical (unpaired) electrons. The van der Waals surface area contributed by atoms with Crippen molar-refractivity contribution in [2.45, 2.75) is 44.9 Å². The zero-order chi connectivity index (χ0) is 15.8. The number of carboxylic acid groups (broad SMARTS) is 1. The molecule has 0 spiro atoms.